The second-order valence-corrected chi connectivity index (χ2v) is 5.15. The zero-order valence-electron chi connectivity index (χ0n) is 11.4. The summed E-state index contributed by atoms with van der Waals surface area (Å²) >= 11 is 0. The van der Waals surface area contributed by atoms with Gasteiger partial charge in [0.2, 0.25) is 0 Å². The highest BCUT2D eigenvalue weighted by Crippen LogP contribution is 2.19. The Bertz CT molecular complexity index is 818. The minimum Gasteiger partial charge on any atom is -0.321 e. The molecular weight excluding hydrogens is 268 g/mol. The van der Waals surface area contributed by atoms with Gasteiger partial charge in [-0.05, 0) is 31.4 Å². The van der Waals surface area contributed by atoms with Gasteiger partial charge in [0.25, 0.3) is 5.91 Å². The van der Waals surface area contributed by atoms with Gasteiger partial charge in [0.15, 0.2) is 5.65 Å². The zero-order chi connectivity index (χ0) is 14.2. The molecule has 4 heterocycles. The van der Waals surface area contributed by atoms with E-state index in [0.717, 1.165) is 37.1 Å². The van der Waals surface area contributed by atoms with E-state index in [0.29, 0.717) is 11.3 Å². The monoisotopic (exact) mass is 282 g/mol. The maximum absolute atomic E-state index is 12.4. The second kappa shape index (κ2) is 4.69. The molecule has 3 aromatic rings. The number of nitrogens with zero attached hydrogens (tertiary/aromatic N) is 5. The molecule has 0 aromatic carbocycles. The first-order chi connectivity index (χ1) is 10.3. The van der Waals surface area contributed by atoms with Crippen LogP contribution in [0.2, 0.25) is 0 Å². The van der Waals surface area contributed by atoms with Crippen molar-refractivity contribution in [2.45, 2.75) is 25.8 Å². The highest BCUT2D eigenvalue weighted by Gasteiger charge is 2.19. The Hall–Kier alpha value is -2.70. The van der Waals surface area contributed by atoms with E-state index in [2.05, 4.69) is 20.6 Å². The largest absolute Gasteiger partial charge is 0.321 e. The molecule has 0 bridgehead atoms. The molecule has 0 saturated heterocycles. The van der Waals surface area contributed by atoms with Crippen molar-refractivity contribution in [2.24, 2.45) is 0 Å². The van der Waals surface area contributed by atoms with Crippen LogP contribution in [0.3, 0.4) is 0 Å². The lowest BCUT2D eigenvalue weighted by Crippen LogP contribution is -2.17. The molecule has 7 nitrogen and oxygen atoms in total. The quantitative estimate of drug-likeness (QED) is 0.773. The molecule has 1 aliphatic rings. The predicted octanol–water partition coefficient (Wildman–Crippen LogP) is 1.51. The average Bonchev–Trinajstić information content (AvgIpc) is 3.13. The summed E-state index contributed by atoms with van der Waals surface area (Å²) < 4.78 is 3.70. The molecule has 1 N–H and O–H groups in total. The number of pyridine rings is 1. The normalized spacial score (nSPS) is 14.1. The molecule has 0 saturated carbocycles. The molecule has 0 radical (unpaired) electrons. The van der Waals surface area contributed by atoms with Gasteiger partial charge in [0, 0.05) is 12.7 Å². The minimum absolute atomic E-state index is 0.120. The van der Waals surface area contributed by atoms with E-state index in [1.165, 1.54) is 0 Å². The molecule has 106 valence electrons. The van der Waals surface area contributed by atoms with Crippen LogP contribution in [0.25, 0.3) is 5.65 Å². The number of fused-ring (bicyclic) bond motifs is 2. The number of carbonyl (C=O) groups excluding carboxylic acids is 1. The number of amides is 1. The minimum atomic E-state index is -0.120. The third-order valence-corrected chi connectivity index (χ3v) is 3.78. The molecule has 0 aliphatic carbocycles. The van der Waals surface area contributed by atoms with Gasteiger partial charge in [0.1, 0.15) is 6.33 Å². The topological polar surface area (TPSA) is 77.1 Å². The summed E-state index contributed by atoms with van der Waals surface area (Å²) in [7, 11) is 0. The summed E-state index contributed by atoms with van der Waals surface area (Å²) in [6, 6.07) is 3.63. The maximum Gasteiger partial charge on any atom is 0.259 e. The van der Waals surface area contributed by atoms with Crippen molar-refractivity contribution in [3.05, 3.63) is 42.1 Å². The molecule has 21 heavy (non-hydrogen) atoms. The van der Waals surface area contributed by atoms with Crippen LogP contribution in [0.5, 0.6) is 0 Å². The van der Waals surface area contributed by atoms with Crippen LogP contribution in [-0.4, -0.2) is 30.3 Å². The Balaban J connectivity index is 1.61. The zero-order valence-corrected chi connectivity index (χ0v) is 11.4. The highest BCUT2D eigenvalue weighted by molar-refractivity contribution is 6.04. The molecule has 1 aliphatic heterocycles. The van der Waals surface area contributed by atoms with E-state index >= 15 is 0 Å². The molecular formula is C14H14N6O. The van der Waals surface area contributed by atoms with Crippen LogP contribution < -0.4 is 5.32 Å². The number of anilines is 1. The van der Waals surface area contributed by atoms with Crippen LogP contribution in [-0.2, 0) is 13.0 Å². The first-order valence-corrected chi connectivity index (χ1v) is 6.97. The third-order valence-electron chi connectivity index (χ3n) is 3.78. The predicted molar refractivity (Wildman–Crippen MR) is 76.1 cm³/mol. The van der Waals surface area contributed by atoms with E-state index in [4.69, 9.17) is 0 Å². The van der Waals surface area contributed by atoms with Gasteiger partial charge in [0.05, 0.1) is 23.1 Å². The molecule has 0 atom stereocenters. The Morgan fingerprint density at radius 2 is 2.24 bits per heavy atom. The Morgan fingerprint density at radius 1 is 1.29 bits per heavy atom. The van der Waals surface area contributed by atoms with Crippen LogP contribution in [0.1, 0.15) is 28.9 Å². The third kappa shape index (κ3) is 2.06. The fraction of sp³-hybridized carbons (Fsp3) is 0.286. The van der Waals surface area contributed by atoms with Crippen molar-refractivity contribution < 1.29 is 4.79 Å². The fourth-order valence-electron chi connectivity index (χ4n) is 2.71. The lowest BCUT2D eigenvalue weighted by molar-refractivity contribution is 0.102. The summed E-state index contributed by atoms with van der Waals surface area (Å²) in [6.07, 6.45) is 8.20. The summed E-state index contributed by atoms with van der Waals surface area (Å²) in [6.45, 7) is 0.898. The number of hydrogen-bond acceptors (Lipinski definition) is 4. The summed E-state index contributed by atoms with van der Waals surface area (Å²) in [5.41, 5.74) is 3.15. The fourth-order valence-corrected chi connectivity index (χ4v) is 2.71. The number of nitrogens with one attached hydrogen (secondary N) is 1. The van der Waals surface area contributed by atoms with Gasteiger partial charge in [-0.25, -0.2) is 0 Å². The number of aryl methyl sites for hydroxylation is 1. The lowest BCUT2D eigenvalue weighted by atomic mass is 10.1. The van der Waals surface area contributed by atoms with Gasteiger partial charge in [-0.3, -0.25) is 13.9 Å². The van der Waals surface area contributed by atoms with Gasteiger partial charge in [-0.2, -0.15) is 5.10 Å². The van der Waals surface area contributed by atoms with Crippen molar-refractivity contribution in [3.63, 3.8) is 0 Å². The van der Waals surface area contributed by atoms with E-state index in [-0.39, 0.29) is 5.91 Å². The lowest BCUT2D eigenvalue weighted by Gasteiger charge is -2.14. The van der Waals surface area contributed by atoms with Gasteiger partial charge >= 0.3 is 0 Å². The smallest absolute Gasteiger partial charge is 0.259 e. The van der Waals surface area contributed by atoms with Crippen molar-refractivity contribution in [3.8, 4) is 0 Å². The standard InChI is InChI=1S/C14H14N6O/c21-14(11-7-16-20-6-2-1-3-12(11)20)17-10-4-5-13-18-15-9-19(13)8-10/h4-5,7-9H,1-3,6H2,(H,17,21). The van der Waals surface area contributed by atoms with E-state index in [1.54, 1.807) is 23.1 Å². The Labute approximate surface area is 120 Å². The number of hydrogen-bond donors (Lipinski definition) is 1. The number of rotatable bonds is 2. The van der Waals surface area contributed by atoms with Gasteiger partial charge in [-0.15, -0.1) is 10.2 Å². The first kappa shape index (κ1) is 12.1. The van der Waals surface area contributed by atoms with Crippen LogP contribution in [0.15, 0.2) is 30.9 Å². The van der Waals surface area contributed by atoms with Crippen molar-refractivity contribution >= 4 is 17.2 Å². The van der Waals surface area contributed by atoms with Gasteiger partial charge in [-0.1, -0.05) is 0 Å². The SMILES string of the molecule is O=C(Nc1ccc2nncn2c1)c1cnn2c1CCCC2. The molecule has 0 fully saturated rings. The molecule has 0 spiro atoms. The molecule has 7 heteroatoms. The van der Waals surface area contributed by atoms with Crippen molar-refractivity contribution in [1.29, 1.82) is 0 Å². The molecule has 4 rings (SSSR count). The number of carbonyl (C=O) groups is 1. The van der Waals surface area contributed by atoms with E-state index < -0.39 is 0 Å². The number of aromatic nitrogens is 5. The summed E-state index contributed by atoms with van der Waals surface area (Å²) in [4.78, 5) is 12.4. The Morgan fingerprint density at radius 3 is 3.19 bits per heavy atom. The Kier molecular flexibility index (Phi) is 2.70. The molecule has 0 unspecified atom stereocenters. The van der Waals surface area contributed by atoms with Gasteiger partial charge < -0.3 is 5.32 Å². The van der Waals surface area contributed by atoms with E-state index in [1.807, 2.05) is 16.8 Å². The first-order valence-electron chi connectivity index (χ1n) is 6.97. The molecule has 1 amide bonds. The highest BCUT2D eigenvalue weighted by atomic mass is 16.1. The second-order valence-electron chi connectivity index (χ2n) is 5.15. The van der Waals surface area contributed by atoms with Crippen molar-refractivity contribution in [1.82, 2.24) is 24.4 Å². The van der Waals surface area contributed by atoms with E-state index in [9.17, 15) is 4.79 Å². The van der Waals surface area contributed by atoms with Crippen LogP contribution >= 0.6 is 0 Å². The molecule has 3 aromatic heterocycles. The maximum atomic E-state index is 12.4. The average molecular weight is 282 g/mol. The van der Waals surface area contributed by atoms with Crippen LogP contribution in [0.4, 0.5) is 5.69 Å². The summed E-state index contributed by atoms with van der Waals surface area (Å²) in [5, 5.41) is 14.9. The van der Waals surface area contributed by atoms with Crippen LogP contribution in [0, 0.1) is 0 Å². The van der Waals surface area contributed by atoms with Crippen molar-refractivity contribution in [2.75, 3.05) is 5.32 Å². The summed E-state index contributed by atoms with van der Waals surface area (Å²) in [5.74, 6) is -0.120.